The molecule has 2 heterocycles. The summed E-state index contributed by atoms with van der Waals surface area (Å²) >= 11 is 7.53. The minimum Gasteiger partial charge on any atom is -0.465 e. The highest BCUT2D eigenvalue weighted by atomic mass is 35.5. The molecular formula is C27H23ClN2O3S. The molecule has 2 aromatic carbocycles. The zero-order valence-corrected chi connectivity index (χ0v) is 20.4. The summed E-state index contributed by atoms with van der Waals surface area (Å²) in [5.74, 6) is -0.152. The van der Waals surface area contributed by atoms with Crippen LogP contribution in [0.1, 0.15) is 44.5 Å². The van der Waals surface area contributed by atoms with Crippen LogP contribution < -0.4 is 5.32 Å². The van der Waals surface area contributed by atoms with E-state index in [-0.39, 0.29) is 5.91 Å². The largest absolute Gasteiger partial charge is 0.465 e. The maximum atomic E-state index is 13.6. The number of esters is 1. The molecule has 0 fully saturated rings. The molecular weight excluding hydrogens is 468 g/mol. The van der Waals surface area contributed by atoms with Crippen LogP contribution in [0.2, 0.25) is 5.02 Å². The minimum atomic E-state index is -0.413. The van der Waals surface area contributed by atoms with E-state index in [1.165, 1.54) is 18.4 Å². The molecule has 1 amide bonds. The van der Waals surface area contributed by atoms with Crippen LogP contribution in [0, 0.1) is 5.92 Å². The van der Waals surface area contributed by atoms with Crippen LogP contribution in [-0.2, 0) is 17.6 Å². The number of amides is 1. The Hall–Kier alpha value is -3.22. The first-order chi connectivity index (χ1) is 16.4. The van der Waals surface area contributed by atoms with Gasteiger partial charge in [0.25, 0.3) is 5.91 Å². The lowest BCUT2D eigenvalue weighted by atomic mass is 9.88. The predicted molar refractivity (Wildman–Crippen MR) is 137 cm³/mol. The number of carbonyl (C=O) groups is 2. The molecule has 7 heteroatoms. The molecule has 0 aliphatic heterocycles. The number of para-hydroxylation sites is 1. The number of aromatic nitrogens is 1. The second kappa shape index (κ2) is 9.20. The zero-order valence-electron chi connectivity index (χ0n) is 18.9. The molecule has 4 aromatic rings. The van der Waals surface area contributed by atoms with Gasteiger partial charge >= 0.3 is 5.97 Å². The lowest BCUT2D eigenvalue weighted by Gasteiger charge is -2.18. The Kier molecular flexibility index (Phi) is 6.11. The highest BCUT2D eigenvalue weighted by Crippen LogP contribution is 2.40. The van der Waals surface area contributed by atoms with Crippen molar-refractivity contribution >= 4 is 50.7 Å². The van der Waals surface area contributed by atoms with Crippen molar-refractivity contribution in [3.63, 3.8) is 0 Å². The van der Waals surface area contributed by atoms with Crippen LogP contribution in [0.15, 0.2) is 54.6 Å². The van der Waals surface area contributed by atoms with Crippen LogP contribution in [-0.4, -0.2) is 24.0 Å². The molecule has 0 bridgehead atoms. The Morgan fingerprint density at radius 2 is 1.91 bits per heavy atom. The third-order valence-corrected chi connectivity index (χ3v) is 7.65. The van der Waals surface area contributed by atoms with Crippen molar-refractivity contribution in [1.82, 2.24) is 4.98 Å². The molecule has 2 aromatic heterocycles. The number of nitrogens with one attached hydrogen (secondary N) is 1. The van der Waals surface area contributed by atoms with Crippen LogP contribution in [0.5, 0.6) is 0 Å². The van der Waals surface area contributed by atoms with Gasteiger partial charge in [-0.05, 0) is 55.0 Å². The van der Waals surface area contributed by atoms with Crippen LogP contribution in [0.4, 0.5) is 5.00 Å². The van der Waals surface area contributed by atoms with E-state index in [1.807, 2.05) is 36.4 Å². The van der Waals surface area contributed by atoms with E-state index in [0.29, 0.717) is 38.3 Å². The van der Waals surface area contributed by atoms with Gasteiger partial charge in [-0.1, -0.05) is 48.9 Å². The Labute approximate surface area is 206 Å². The number of nitrogens with zero attached hydrogens (tertiary/aromatic N) is 1. The summed E-state index contributed by atoms with van der Waals surface area (Å²) in [4.78, 5) is 32.2. The van der Waals surface area contributed by atoms with E-state index in [1.54, 1.807) is 18.2 Å². The maximum Gasteiger partial charge on any atom is 0.341 e. The molecule has 0 radical (unpaired) electrons. The molecule has 5 nitrogen and oxygen atoms in total. The highest BCUT2D eigenvalue weighted by Gasteiger charge is 2.29. The fraction of sp³-hybridized carbons (Fsp3) is 0.222. The third kappa shape index (κ3) is 4.19. The van der Waals surface area contributed by atoms with Gasteiger partial charge in [0.2, 0.25) is 0 Å². The van der Waals surface area contributed by atoms with Crippen molar-refractivity contribution in [2.24, 2.45) is 5.92 Å². The number of benzene rings is 2. The molecule has 0 saturated heterocycles. The fourth-order valence-corrected chi connectivity index (χ4v) is 5.98. The highest BCUT2D eigenvalue weighted by molar-refractivity contribution is 7.17. The van der Waals surface area contributed by atoms with Crippen LogP contribution in [0.3, 0.4) is 0 Å². The molecule has 0 saturated carbocycles. The summed E-state index contributed by atoms with van der Waals surface area (Å²) in [7, 11) is 1.37. The second-order valence-electron chi connectivity index (χ2n) is 8.58. The fourth-order valence-electron chi connectivity index (χ4n) is 4.46. The number of carbonyl (C=O) groups excluding carboxylic acids is 2. The number of ether oxygens (including phenoxy) is 1. The summed E-state index contributed by atoms with van der Waals surface area (Å²) in [6.07, 6.45) is 2.73. The van der Waals surface area contributed by atoms with Gasteiger partial charge in [-0.2, -0.15) is 0 Å². The van der Waals surface area contributed by atoms with E-state index in [4.69, 9.17) is 21.3 Å². The molecule has 0 spiro atoms. The van der Waals surface area contributed by atoms with Crippen molar-refractivity contribution < 1.29 is 14.3 Å². The summed E-state index contributed by atoms with van der Waals surface area (Å²) in [5, 5.41) is 4.95. The maximum absolute atomic E-state index is 13.6. The van der Waals surface area contributed by atoms with Gasteiger partial charge in [0, 0.05) is 20.8 Å². The minimum absolute atomic E-state index is 0.286. The van der Waals surface area contributed by atoms with E-state index in [2.05, 4.69) is 12.2 Å². The van der Waals surface area contributed by atoms with Gasteiger partial charge in [0.1, 0.15) is 5.00 Å². The summed E-state index contributed by atoms with van der Waals surface area (Å²) in [6, 6.07) is 16.7. The summed E-state index contributed by atoms with van der Waals surface area (Å²) in [6.45, 7) is 2.21. The van der Waals surface area contributed by atoms with Gasteiger partial charge in [-0.15, -0.1) is 11.3 Å². The molecule has 34 heavy (non-hydrogen) atoms. The number of methoxy groups -OCH3 is 1. The molecule has 1 aliphatic rings. The normalized spacial score (nSPS) is 15.1. The van der Waals surface area contributed by atoms with E-state index >= 15 is 0 Å². The number of halogens is 1. The van der Waals surface area contributed by atoms with Gasteiger partial charge in [-0.25, -0.2) is 9.78 Å². The van der Waals surface area contributed by atoms with Crippen LogP contribution in [0.25, 0.3) is 22.2 Å². The lowest BCUT2D eigenvalue weighted by Crippen LogP contribution is -2.16. The monoisotopic (exact) mass is 490 g/mol. The van der Waals surface area contributed by atoms with Gasteiger partial charge < -0.3 is 10.1 Å². The number of anilines is 1. The SMILES string of the molecule is COC(=O)c1c(NC(=O)c2cc(-c3ccc(Cl)cc3)nc3ccccc23)sc2c1CCC(C)C2. The predicted octanol–water partition coefficient (Wildman–Crippen LogP) is 6.78. The summed E-state index contributed by atoms with van der Waals surface area (Å²) in [5.41, 5.74) is 4.23. The molecule has 1 aliphatic carbocycles. The topological polar surface area (TPSA) is 68.3 Å². The molecule has 172 valence electrons. The molecule has 1 N–H and O–H groups in total. The van der Waals surface area contributed by atoms with Crippen molar-refractivity contribution in [2.75, 3.05) is 12.4 Å². The Morgan fingerprint density at radius 1 is 1.15 bits per heavy atom. The number of pyridine rings is 1. The smallest absolute Gasteiger partial charge is 0.341 e. The number of rotatable bonds is 4. The first kappa shape index (κ1) is 22.6. The first-order valence-corrected chi connectivity index (χ1v) is 12.3. The van der Waals surface area contributed by atoms with E-state index in [9.17, 15) is 9.59 Å². The van der Waals surface area contributed by atoms with E-state index < -0.39 is 5.97 Å². The molecule has 5 rings (SSSR count). The van der Waals surface area contributed by atoms with Gasteiger partial charge in [-0.3, -0.25) is 4.79 Å². The van der Waals surface area contributed by atoms with Gasteiger partial charge in [0.05, 0.1) is 29.4 Å². The first-order valence-electron chi connectivity index (χ1n) is 11.1. The van der Waals surface area contributed by atoms with Crippen molar-refractivity contribution in [1.29, 1.82) is 0 Å². The average molecular weight is 491 g/mol. The quantitative estimate of drug-likeness (QED) is 0.320. The second-order valence-corrected chi connectivity index (χ2v) is 10.1. The number of hydrogen-bond acceptors (Lipinski definition) is 5. The zero-order chi connectivity index (χ0) is 23.8. The Balaban J connectivity index is 1.58. The molecule has 1 atom stereocenters. The van der Waals surface area contributed by atoms with Crippen molar-refractivity contribution in [3.8, 4) is 11.3 Å². The molecule has 1 unspecified atom stereocenters. The lowest BCUT2D eigenvalue weighted by molar-refractivity contribution is 0.0601. The van der Waals surface area contributed by atoms with Gasteiger partial charge in [0.15, 0.2) is 0 Å². The Bertz CT molecular complexity index is 1410. The van der Waals surface area contributed by atoms with Crippen molar-refractivity contribution in [3.05, 3.63) is 81.2 Å². The standard InChI is InChI=1S/C27H23ClN2O3S/c1-15-7-12-19-23(13-15)34-26(24(19)27(32)33-2)30-25(31)20-14-22(16-8-10-17(28)11-9-16)29-21-6-4-3-5-18(20)21/h3-6,8-11,14-15H,7,12-13H2,1-2H3,(H,30,31). The number of hydrogen-bond donors (Lipinski definition) is 1. The number of thiophene rings is 1. The third-order valence-electron chi connectivity index (χ3n) is 6.23. The number of fused-ring (bicyclic) bond motifs is 2. The van der Waals surface area contributed by atoms with E-state index in [0.717, 1.165) is 40.7 Å². The van der Waals surface area contributed by atoms with Crippen LogP contribution >= 0.6 is 22.9 Å². The Morgan fingerprint density at radius 3 is 2.68 bits per heavy atom. The van der Waals surface area contributed by atoms with Crippen molar-refractivity contribution in [2.45, 2.75) is 26.2 Å². The summed E-state index contributed by atoms with van der Waals surface area (Å²) < 4.78 is 5.07. The average Bonchev–Trinajstić information content (AvgIpc) is 3.19.